The van der Waals surface area contributed by atoms with Crippen LogP contribution in [0.1, 0.15) is 45.2 Å². The topological polar surface area (TPSA) is 56.5 Å². The van der Waals surface area contributed by atoms with E-state index >= 15 is 0 Å². The zero-order valence-electron chi connectivity index (χ0n) is 12.0. The number of hydrogen-bond donors (Lipinski definition) is 2. The molecule has 106 valence electrons. The second kappa shape index (κ2) is 5.80. The van der Waals surface area contributed by atoms with Crippen LogP contribution < -0.4 is 20.7 Å². The predicted octanol–water partition coefficient (Wildman–Crippen LogP) is 2.79. The Kier molecular flexibility index (Phi) is 4.32. The Labute approximate surface area is 115 Å². The van der Waals surface area contributed by atoms with Gasteiger partial charge in [-0.3, -0.25) is 11.3 Å². The molecule has 4 heteroatoms. The molecule has 0 aliphatic carbocycles. The number of hydrogen-bond acceptors (Lipinski definition) is 4. The summed E-state index contributed by atoms with van der Waals surface area (Å²) in [5, 5.41) is 0. The van der Waals surface area contributed by atoms with Crippen molar-refractivity contribution in [3.63, 3.8) is 0 Å². The van der Waals surface area contributed by atoms with E-state index in [1.807, 2.05) is 12.1 Å². The number of hydrazine groups is 1. The number of nitrogens with one attached hydrogen (secondary N) is 1. The van der Waals surface area contributed by atoms with Gasteiger partial charge in [0.1, 0.15) is 0 Å². The van der Waals surface area contributed by atoms with Gasteiger partial charge >= 0.3 is 0 Å². The lowest BCUT2D eigenvalue weighted by atomic mass is 9.78. The van der Waals surface area contributed by atoms with Crippen LogP contribution in [0.2, 0.25) is 0 Å². The van der Waals surface area contributed by atoms with Gasteiger partial charge in [0.05, 0.1) is 19.3 Å². The average molecular weight is 264 g/mol. The smallest absolute Gasteiger partial charge is 0.161 e. The lowest BCUT2D eigenvalue weighted by molar-refractivity contribution is 0.235. The van der Waals surface area contributed by atoms with Gasteiger partial charge in [0.15, 0.2) is 11.5 Å². The minimum atomic E-state index is 0.0779. The molecule has 1 aromatic rings. The van der Waals surface area contributed by atoms with Crippen molar-refractivity contribution in [2.75, 3.05) is 13.2 Å². The van der Waals surface area contributed by atoms with E-state index < -0.39 is 0 Å². The number of benzene rings is 1. The SMILES string of the molecule is CCC(C)(C)C(NN)c1ccc2c(c1)OCCCO2. The second-order valence-corrected chi connectivity index (χ2v) is 5.70. The number of nitrogens with two attached hydrogens (primary N) is 1. The highest BCUT2D eigenvalue weighted by atomic mass is 16.5. The van der Waals surface area contributed by atoms with E-state index in [0.717, 1.165) is 29.9 Å². The Bertz CT molecular complexity index is 432. The fourth-order valence-corrected chi connectivity index (χ4v) is 2.34. The Morgan fingerprint density at radius 1 is 1.26 bits per heavy atom. The zero-order valence-corrected chi connectivity index (χ0v) is 12.0. The third kappa shape index (κ3) is 3.01. The molecule has 0 aromatic heterocycles. The summed E-state index contributed by atoms with van der Waals surface area (Å²) in [4.78, 5) is 0. The van der Waals surface area contributed by atoms with E-state index in [9.17, 15) is 0 Å². The van der Waals surface area contributed by atoms with E-state index in [1.54, 1.807) is 0 Å². The third-order valence-electron chi connectivity index (χ3n) is 3.96. The van der Waals surface area contributed by atoms with Gasteiger partial charge in [-0.2, -0.15) is 0 Å². The summed E-state index contributed by atoms with van der Waals surface area (Å²) >= 11 is 0. The Morgan fingerprint density at radius 2 is 1.95 bits per heavy atom. The van der Waals surface area contributed by atoms with Gasteiger partial charge in [0.2, 0.25) is 0 Å². The Hall–Kier alpha value is -1.26. The molecule has 1 aromatic carbocycles. The molecule has 0 radical (unpaired) electrons. The van der Waals surface area contributed by atoms with Gasteiger partial charge in [0, 0.05) is 6.42 Å². The molecular formula is C15H24N2O2. The van der Waals surface area contributed by atoms with Gasteiger partial charge in [0.25, 0.3) is 0 Å². The molecule has 0 saturated carbocycles. The summed E-state index contributed by atoms with van der Waals surface area (Å²) in [6.07, 6.45) is 1.96. The van der Waals surface area contributed by atoms with Crippen molar-refractivity contribution in [2.45, 2.75) is 39.7 Å². The number of rotatable bonds is 4. The molecule has 4 nitrogen and oxygen atoms in total. The van der Waals surface area contributed by atoms with Crippen LogP contribution in [0.3, 0.4) is 0 Å². The van der Waals surface area contributed by atoms with Crippen LogP contribution in [0.25, 0.3) is 0 Å². The van der Waals surface area contributed by atoms with E-state index in [1.165, 1.54) is 0 Å². The van der Waals surface area contributed by atoms with Crippen LogP contribution >= 0.6 is 0 Å². The maximum Gasteiger partial charge on any atom is 0.161 e. The van der Waals surface area contributed by atoms with Gasteiger partial charge in [-0.15, -0.1) is 0 Å². The van der Waals surface area contributed by atoms with Crippen LogP contribution in [-0.2, 0) is 0 Å². The number of ether oxygens (including phenoxy) is 2. The highest BCUT2D eigenvalue weighted by molar-refractivity contribution is 5.44. The van der Waals surface area contributed by atoms with Crippen molar-refractivity contribution in [3.8, 4) is 11.5 Å². The first kappa shape index (κ1) is 14.2. The lowest BCUT2D eigenvalue weighted by Crippen LogP contribution is -2.38. The summed E-state index contributed by atoms with van der Waals surface area (Å²) in [6.45, 7) is 8.01. The fourth-order valence-electron chi connectivity index (χ4n) is 2.34. The van der Waals surface area contributed by atoms with Gasteiger partial charge in [-0.05, 0) is 29.5 Å². The molecule has 1 aliphatic heterocycles. The average Bonchev–Trinajstić information content (AvgIpc) is 2.64. The zero-order chi connectivity index (χ0) is 13.9. The molecular weight excluding hydrogens is 240 g/mol. The van der Waals surface area contributed by atoms with E-state index in [2.05, 4.69) is 32.3 Å². The van der Waals surface area contributed by atoms with E-state index in [-0.39, 0.29) is 11.5 Å². The summed E-state index contributed by atoms with van der Waals surface area (Å²) in [5.41, 5.74) is 4.15. The van der Waals surface area contributed by atoms with Crippen LogP contribution in [-0.4, -0.2) is 13.2 Å². The first-order valence-electron chi connectivity index (χ1n) is 6.94. The highest BCUT2D eigenvalue weighted by Gasteiger charge is 2.29. The molecule has 3 N–H and O–H groups in total. The fraction of sp³-hybridized carbons (Fsp3) is 0.600. The van der Waals surface area contributed by atoms with Crippen molar-refractivity contribution in [1.82, 2.24) is 5.43 Å². The minimum absolute atomic E-state index is 0.0779. The van der Waals surface area contributed by atoms with Crippen LogP contribution in [0.5, 0.6) is 11.5 Å². The molecule has 2 rings (SSSR count). The summed E-state index contributed by atoms with van der Waals surface area (Å²) in [7, 11) is 0. The molecule has 0 spiro atoms. The summed E-state index contributed by atoms with van der Waals surface area (Å²) in [5.74, 6) is 7.40. The van der Waals surface area contributed by atoms with Crippen molar-refractivity contribution >= 4 is 0 Å². The van der Waals surface area contributed by atoms with Crippen LogP contribution in [0, 0.1) is 5.41 Å². The normalized spacial score (nSPS) is 16.8. The van der Waals surface area contributed by atoms with Crippen LogP contribution in [0.15, 0.2) is 18.2 Å². The quantitative estimate of drug-likeness (QED) is 0.648. The molecule has 1 unspecified atom stereocenters. The summed E-state index contributed by atoms with van der Waals surface area (Å²) in [6, 6.07) is 6.18. The van der Waals surface area contributed by atoms with Gasteiger partial charge < -0.3 is 9.47 Å². The Morgan fingerprint density at radius 3 is 2.58 bits per heavy atom. The molecule has 0 fully saturated rings. The van der Waals surface area contributed by atoms with Crippen molar-refractivity contribution in [2.24, 2.45) is 11.3 Å². The van der Waals surface area contributed by atoms with E-state index in [4.69, 9.17) is 15.3 Å². The monoisotopic (exact) mass is 264 g/mol. The summed E-state index contributed by atoms with van der Waals surface area (Å²) < 4.78 is 11.4. The molecule has 1 aliphatic rings. The maximum absolute atomic E-state index is 5.75. The largest absolute Gasteiger partial charge is 0.490 e. The third-order valence-corrected chi connectivity index (χ3v) is 3.96. The standard InChI is InChI=1S/C15H24N2O2/c1-4-15(2,3)14(17-16)11-6-7-12-13(10-11)19-9-5-8-18-12/h6-7,10,14,17H,4-5,8-9,16H2,1-3H3. The minimum Gasteiger partial charge on any atom is -0.490 e. The van der Waals surface area contributed by atoms with Crippen molar-refractivity contribution < 1.29 is 9.47 Å². The molecule has 1 atom stereocenters. The predicted molar refractivity (Wildman–Crippen MR) is 76.2 cm³/mol. The molecule has 1 heterocycles. The maximum atomic E-state index is 5.75. The molecule has 0 saturated heterocycles. The Balaban J connectivity index is 2.32. The van der Waals surface area contributed by atoms with Crippen LogP contribution in [0.4, 0.5) is 0 Å². The molecule has 0 bridgehead atoms. The van der Waals surface area contributed by atoms with Gasteiger partial charge in [-0.1, -0.05) is 26.8 Å². The first-order valence-corrected chi connectivity index (χ1v) is 6.94. The highest BCUT2D eigenvalue weighted by Crippen LogP contribution is 2.39. The van der Waals surface area contributed by atoms with Gasteiger partial charge in [-0.25, -0.2) is 0 Å². The lowest BCUT2D eigenvalue weighted by Gasteiger charge is -2.33. The number of fused-ring (bicyclic) bond motifs is 1. The van der Waals surface area contributed by atoms with E-state index in [0.29, 0.717) is 13.2 Å². The van der Waals surface area contributed by atoms with Crippen molar-refractivity contribution in [1.29, 1.82) is 0 Å². The first-order chi connectivity index (χ1) is 9.08. The van der Waals surface area contributed by atoms with Crippen molar-refractivity contribution in [3.05, 3.63) is 23.8 Å². The second-order valence-electron chi connectivity index (χ2n) is 5.70. The molecule has 0 amide bonds. The molecule has 19 heavy (non-hydrogen) atoms.